The van der Waals surface area contributed by atoms with Gasteiger partial charge in [0.15, 0.2) is 0 Å². The Morgan fingerprint density at radius 3 is 2.67 bits per heavy atom. The lowest BCUT2D eigenvalue weighted by Crippen LogP contribution is -2.50. The molecule has 2 aliphatic rings. The molecule has 1 aliphatic carbocycles. The first-order chi connectivity index (χ1) is 10.2. The fraction of sp³-hybridized carbons (Fsp3) is 0.667. The van der Waals surface area contributed by atoms with Crippen LogP contribution in [0, 0.1) is 5.92 Å². The molecule has 0 N–H and O–H groups in total. The molecule has 1 heterocycles. The predicted octanol–water partition coefficient (Wildman–Crippen LogP) is 4.04. The second kappa shape index (κ2) is 7.13. The van der Waals surface area contributed by atoms with E-state index in [0.29, 0.717) is 0 Å². The average Bonchev–Trinajstić information content (AvgIpc) is 2.48. The van der Waals surface area contributed by atoms with Gasteiger partial charge in [-0.2, -0.15) is 0 Å². The summed E-state index contributed by atoms with van der Waals surface area (Å²) in [4.78, 5) is 5.30. The highest BCUT2D eigenvalue weighted by Gasteiger charge is 2.27. The monoisotopic (exact) mass is 306 g/mol. The maximum Gasteiger partial charge on any atom is 0.0409 e. The van der Waals surface area contributed by atoms with Crippen molar-refractivity contribution in [2.45, 2.75) is 45.2 Å². The summed E-state index contributed by atoms with van der Waals surface area (Å²) in [6.07, 6.45) is 5.69. The van der Waals surface area contributed by atoms with Gasteiger partial charge in [-0.25, -0.2) is 0 Å². The maximum atomic E-state index is 6.07. The number of nitrogens with zero attached hydrogens (tertiary/aromatic N) is 2. The van der Waals surface area contributed by atoms with E-state index in [1.807, 2.05) is 6.07 Å². The molecule has 1 aliphatic heterocycles. The molecule has 2 fully saturated rings. The molecule has 2 nitrogen and oxygen atoms in total. The number of benzene rings is 1. The van der Waals surface area contributed by atoms with Crippen LogP contribution in [-0.4, -0.2) is 42.0 Å². The normalized spacial score (nSPS) is 28.7. The van der Waals surface area contributed by atoms with Crippen molar-refractivity contribution in [2.75, 3.05) is 26.2 Å². The fourth-order valence-corrected chi connectivity index (χ4v) is 4.13. The summed E-state index contributed by atoms with van der Waals surface area (Å²) < 4.78 is 0. The topological polar surface area (TPSA) is 6.48 Å². The van der Waals surface area contributed by atoms with Crippen molar-refractivity contribution in [1.82, 2.24) is 9.80 Å². The molecule has 1 saturated carbocycles. The smallest absolute Gasteiger partial charge is 0.0409 e. The Kier molecular flexibility index (Phi) is 5.20. The summed E-state index contributed by atoms with van der Waals surface area (Å²) >= 11 is 6.07. The van der Waals surface area contributed by atoms with E-state index in [9.17, 15) is 0 Å². The minimum atomic E-state index is 0.849. The van der Waals surface area contributed by atoms with Gasteiger partial charge in [0.1, 0.15) is 0 Å². The molecule has 1 aromatic rings. The Morgan fingerprint density at radius 1 is 1.14 bits per heavy atom. The number of hydrogen-bond acceptors (Lipinski definition) is 2. The molecule has 2 unspecified atom stereocenters. The average molecular weight is 307 g/mol. The Bertz CT molecular complexity index is 454. The van der Waals surface area contributed by atoms with Gasteiger partial charge in [0.2, 0.25) is 0 Å². The van der Waals surface area contributed by atoms with Gasteiger partial charge in [-0.1, -0.05) is 43.5 Å². The first-order valence-corrected chi connectivity index (χ1v) is 8.79. The van der Waals surface area contributed by atoms with Crippen molar-refractivity contribution in [3.8, 4) is 0 Å². The molecule has 21 heavy (non-hydrogen) atoms. The molecular weight excluding hydrogens is 280 g/mol. The Balaban J connectivity index is 1.48. The molecule has 1 saturated heterocycles. The van der Waals surface area contributed by atoms with Crippen molar-refractivity contribution in [3.63, 3.8) is 0 Å². The van der Waals surface area contributed by atoms with E-state index in [1.54, 1.807) is 0 Å². The van der Waals surface area contributed by atoms with E-state index in [1.165, 1.54) is 57.4 Å². The molecular formula is C18H27ClN2. The lowest BCUT2D eigenvalue weighted by Gasteiger charge is -2.42. The largest absolute Gasteiger partial charge is 0.298 e. The van der Waals surface area contributed by atoms with Crippen LogP contribution >= 0.6 is 11.6 Å². The third kappa shape index (κ3) is 4.21. The molecule has 0 aromatic heterocycles. The van der Waals surface area contributed by atoms with Gasteiger partial charge in [0.05, 0.1) is 0 Å². The van der Waals surface area contributed by atoms with Crippen LogP contribution in [0.25, 0.3) is 0 Å². The van der Waals surface area contributed by atoms with Gasteiger partial charge in [-0.15, -0.1) is 0 Å². The maximum absolute atomic E-state index is 6.07. The van der Waals surface area contributed by atoms with Gasteiger partial charge in [0.25, 0.3) is 0 Å². The van der Waals surface area contributed by atoms with E-state index < -0.39 is 0 Å². The zero-order chi connectivity index (χ0) is 14.7. The van der Waals surface area contributed by atoms with E-state index in [-0.39, 0.29) is 0 Å². The second-order valence-corrected chi connectivity index (χ2v) is 7.30. The van der Waals surface area contributed by atoms with E-state index in [4.69, 9.17) is 11.6 Å². The molecule has 0 amide bonds. The first kappa shape index (κ1) is 15.3. The van der Waals surface area contributed by atoms with Crippen LogP contribution in [0.2, 0.25) is 5.02 Å². The lowest BCUT2D eigenvalue weighted by molar-refractivity contribution is 0.0659. The van der Waals surface area contributed by atoms with Crippen molar-refractivity contribution in [2.24, 2.45) is 5.92 Å². The minimum Gasteiger partial charge on any atom is -0.298 e. The molecule has 0 bridgehead atoms. The number of hydrogen-bond donors (Lipinski definition) is 0. The Hall–Kier alpha value is -0.570. The summed E-state index contributed by atoms with van der Waals surface area (Å²) in [6, 6.07) is 9.13. The van der Waals surface area contributed by atoms with Crippen LogP contribution in [0.5, 0.6) is 0 Å². The summed E-state index contributed by atoms with van der Waals surface area (Å²) in [6.45, 7) is 8.31. The highest BCUT2D eigenvalue weighted by molar-refractivity contribution is 6.30. The number of rotatable bonds is 3. The van der Waals surface area contributed by atoms with Gasteiger partial charge >= 0.3 is 0 Å². The molecule has 3 heteroatoms. The first-order valence-electron chi connectivity index (χ1n) is 8.41. The summed E-state index contributed by atoms with van der Waals surface area (Å²) in [5.74, 6) is 0.924. The Labute approximate surface area is 134 Å². The van der Waals surface area contributed by atoms with Crippen LogP contribution in [0.1, 0.15) is 38.2 Å². The minimum absolute atomic E-state index is 0.849. The highest BCUT2D eigenvalue weighted by atomic mass is 35.5. The van der Waals surface area contributed by atoms with Gasteiger partial charge in [0, 0.05) is 43.8 Å². The molecule has 3 rings (SSSR count). The SMILES string of the molecule is CC1CCCC(N2CCN(Cc3cccc(Cl)c3)CC2)C1. The highest BCUT2D eigenvalue weighted by Crippen LogP contribution is 2.28. The van der Waals surface area contributed by atoms with E-state index in [2.05, 4.69) is 34.9 Å². The van der Waals surface area contributed by atoms with Crippen molar-refractivity contribution < 1.29 is 0 Å². The molecule has 0 spiro atoms. The van der Waals surface area contributed by atoms with Crippen LogP contribution in [-0.2, 0) is 6.54 Å². The summed E-state index contributed by atoms with van der Waals surface area (Å²) in [7, 11) is 0. The zero-order valence-electron chi connectivity index (χ0n) is 13.1. The van der Waals surface area contributed by atoms with Crippen LogP contribution in [0.3, 0.4) is 0 Å². The van der Waals surface area contributed by atoms with Crippen molar-refractivity contribution in [3.05, 3.63) is 34.9 Å². The van der Waals surface area contributed by atoms with Gasteiger partial charge < -0.3 is 0 Å². The van der Waals surface area contributed by atoms with E-state index in [0.717, 1.165) is 23.5 Å². The zero-order valence-corrected chi connectivity index (χ0v) is 13.9. The summed E-state index contributed by atoms with van der Waals surface area (Å²) in [5.41, 5.74) is 1.34. The predicted molar refractivity (Wildman–Crippen MR) is 89.7 cm³/mol. The third-order valence-corrected chi connectivity index (χ3v) is 5.36. The standard InChI is InChI=1S/C18H27ClN2/c1-15-4-2-7-18(12-15)21-10-8-20(9-11-21)14-16-5-3-6-17(19)13-16/h3,5-6,13,15,18H,2,4,7-12,14H2,1H3. The molecule has 2 atom stereocenters. The van der Waals surface area contributed by atoms with Crippen LogP contribution in [0.15, 0.2) is 24.3 Å². The quantitative estimate of drug-likeness (QED) is 0.831. The molecule has 116 valence electrons. The number of halogens is 1. The van der Waals surface area contributed by atoms with E-state index >= 15 is 0 Å². The summed E-state index contributed by atoms with van der Waals surface area (Å²) in [5, 5.41) is 0.849. The third-order valence-electron chi connectivity index (χ3n) is 5.13. The second-order valence-electron chi connectivity index (χ2n) is 6.87. The molecule has 1 aromatic carbocycles. The Morgan fingerprint density at radius 2 is 1.95 bits per heavy atom. The van der Waals surface area contributed by atoms with Crippen LogP contribution in [0.4, 0.5) is 0 Å². The number of piperazine rings is 1. The van der Waals surface area contributed by atoms with Gasteiger partial charge in [-0.3, -0.25) is 9.80 Å². The lowest BCUT2D eigenvalue weighted by atomic mass is 9.86. The van der Waals surface area contributed by atoms with Crippen molar-refractivity contribution >= 4 is 11.6 Å². The van der Waals surface area contributed by atoms with Crippen LogP contribution < -0.4 is 0 Å². The molecule has 0 radical (unpaired) electrons. The van der Waals surface area contributed by atoms with Gasteiger partial charge in [-0.05, 0) is 36.5 Å². The fourth-order valence-electron chi connectivity index (χ4n) is 3.91. The van der Waals surface area contributed by atoms with Crippen molar-refractivity contribution in [1.29, 1.82) is 0 Å².